The van der Waals surface area contributed by atoms with Crippen LogP contribution < -0.4 is 0 Å². The van der Waals surface area contributed by atoms with Crippen molar-refractivity contribution >= 4 is 11.9 Å². The van der Waals surface area contributed by atoms with Crippen molar-refractivity contribution in [3.05, 3.63) is 12.2 Å². The van der Waals surface area contributed by atoms with Crippen molar-refractivity contribution in [3.8, 4) is 0 Å². The number of rotatable bonds is 8. The van der Waals surface area contributed by atoms with E-state index in [0.29, 0.717) is 0 Å². The summed E-state index contributed by atoms with van der Waals surface area (Å²) in [6.45, 7) is -2.73. The predicted octanol–water partition coefficient (Wildman–Crippen LogP) is 5.02. The van der Waals surface area contributed by atoms with E-state index in [0.717, 1.165) is 6.92 Å². The highest BCUT2D eigenvalue weighted by Crippen LogP contribution is 2.81. The maximum atomic E-state index is 15.1. The lowest BCUT2D eigenvalue weighted by Crippen LogP contribution is -3.01. The average molecular weight is 608 g/mol. The Kier molecular flexibility index (Phi) is 7.40. The van der Waals surface area contributed by atoms with Gasteiger partial charge in [-0.1, -0.05) is 6.58 Å². The van der Waals surface area contributed by atoms with Crippen molar-refractivity contribution in [3.63, 3.8) is 0 Å². The predicted molar refractivity (Wildman–Crippen MR) is 93.3 cm³/mol. The van der Waals surface area contributed by atoms with Gasteiger partial charge in [0, 0.05) is 5.57 Å². The fourth-order valence-electron chi connectivity index (χ4n) is 4.17. The molecule has 5 nitrogen and oxygen atoms in total. The summed E-state index contributed by atoms with van der Waals surface area (Å²) >= 11 is 0. The van der Waals surface area contributed by atoms with Gasteiger partial charge in [0.1, 0.15) is 6.61 Å². The van der Waals surface area contributed by atoms with Crippen LogP contribution in [0.1, 0.15) is 13.8 Å². The van der Waals surface area contributed by atoms with E-state index in [4.69, 9.17) is 0 Å². The molecule has 2 saturated carbocycles. The minimum absolute atomic E-state index is 0.294. The molecule has 0 heterocycles. The van der Waals surface area contributed by atoms with Crippen LogP contribution in [0, 0.1) is 0 Å². The van der Waals surface area contributed by atoms with Gasteiger partial charge in [-0.2, -0.15) is 43.9 Å². The first-order valence-electron chi connectivity index (χ1n) is 10.0. The van der Waals surface area contributed by atoms with Gasteiger partial charge < -0.3 is 14.2 Å². The molecule has 39 heavy (non-hydrogen) atoms. The number of ether oxygens (including phenoxy) is 3. The van der Waals surface area contributed by atoms with E-state index >= 15 is 4.39 Å². The molecule has 0 aromatic rings. The molecule has 0 saturated heterocycles. The van der Waals surface area contributed by atoms with Gasteiger partial charge in [-0.25, -0.2) is 31.5 Å². The van der Waals surface area contributed by atoms with Gasteiger partial charge >= 0.3 is 52.9 Å². The maximum Gasteiger partial charge on any atom is 0.344 e. The molecule has 2 aliphatic carbocycles. The Hall–Kier alpha value is -2.41. The Labute approximate surface area is 207 Å². The van der Waals surface area contributed by atoms with Crippen molar-refractivity contribution in [2.45, 2.75) is 72.5 Å². The lowest BCUT2D eigenvalue weighted by molar-refractivity contribution is -0.557. The third kappa shape index (κ3) is 3.28. The van der Waals surface area contributed by atoms with Gasteiger partial charge in [0.2, 0.25) is 5.67 Å². The van der Waals surface area contributed by atoms with E-state index < -0.39 is 97.3 Å². The molecule has 4 atom stereocenters. The topological polar surface area (TPSA) is 61.8 Å². The lowest BCUT2D eigenvalue weighted by Gasteiger charge is -2.68. The van der Waals surface area contributed by atoms with Gasteiger partial charge in [-0.3, -0.25) is 0 Å². The van der Waals surface area contributed by atoms with Crippen LogP contribution in [-0.4, -0.2) is 90.4 Å². The molecule has 2 fully saturated rings. The first-order valence-corrected chi connectivity index (χ1v) is 10.0. The number of alkyl halides is 15. The van der Waals surface area contributed by atoms with Crippen LogP contribution >= 0.6 is 0 Å². The zero-order valence-corrected chi connectivity index (χ0v) is 19.1. The molecule has 2 rings (SSSR count). The number of hydrogen-bond acceptors (Lipinski definition) is 5. The normalized spacial score (nSPS) is 37.2. The third-order valence-electron chi connectivity index (χ3n) is 6.35. The first-order chi connectivity index (χ1) is 17.2. The second-order valence-corrected chi connectivity index (χ2v) is 8.65. The number of fused-ring (bicyclic) bond motifs is 2. The molecule has 20 heteroatoms. The minimum Gasteiger partial charge on any atom is -0.461 e. The number of carbonyl (C=O) groups is 2. The largest absolute Gasteiger partial charge is 0.461 e. The summed E-state index contributed by atoms with van der Waals surface area (Å²) in [4.78, 5) is 22.6. The van der Waals surface area contributed by atoms with Crippen LogP contribution in [0.25, 0.3) is 0 Å². The summed E-state index contributed by atoms with van der Waals surface area (Å²) < 4.78 is 230. The first kappa shape index (κ1) is 32.8. The van der Waals surface area contributed by atoms with E-state index in [1.54, 1.807) is 0 Å². The quantitative estimate of drug-likeness (QED) is 0.168. The number of hydrogen-bond donors (Lipinski definition) is 0. The molecule has 226 valence electrons. The molecule has 0 aromatic heterocycles. The van der Waals surface area contributed by atoms with Crippen LogP contribution in [0.3, 0.4) is 0 Å². The Balaban J connectivity index is 2.69. The molecule has 4 unspecified atom stereocenters. The summed E-state index contributed by atoms with van der Waals surface area (Å²) in [6.07, 6.45) is -6.13. The summed E-state index contributed by atoms with van der Waals surface area (Å²) in [6, 6.07) is 0. The average Bonchev–Trinajstić information content (AvgIpc) is 2.78. The fraction of sp³-hybridized carbons (Fsp3) is 0.789. The Bertz CT molecular complexity index is 1030. The number of halogens is 15. The molecular formula is C19H15F15O5. The third-order valence-corrected chi connectivity index (χ3v) is 6.35. The Morgan fingerprint density at radius 2 is 1.21 bits per heavy atom. The van der Waals surface area contributed by atoms with E-state index in [9.17, 15) is 71.1 Å². The molecule has 2 aliphatic rings. The highest BCUT2D eigenvalue weighted by Gasteiger charge is 3.13. The Morgan fingerprint density at radius 1 is 0.718 bits per heavy atom. The molecule has 2 bridgehead atoms. The van der Waals surface area contributed by atoms with E-state index in [-0.39, 0.29) is 5.57 Å². The zero-order chi connectivity index (χ0) is 31.1. The highest BCUT2D eigenvalue weighted by atomic mass is 19.3. The molecule has 0 radical (unpaired) electrons. The van der Waals surface area contributed by atoms with E-state index in [2.05, 4.69) is 20.8 Å². The summed E-state index contributed by atoms with van der Waals surface area (Å²) in [5, 5.41) is 0. The van der Waals surface area contributed by atoms with Gasteiger partial charge in [0.15, 0.2) is 6.61 Å². The molecule has 0 spiro atoms. The highest BCUT2D eigenvalue weighted by molar-refractivity contribution is 5.88. The fourth-order valence-corrected chi connectivity index (χ4v) is 4.17. The van der Waals surface area contributed by atoms with E-state index in [1.165, 1.54) is 0 Å². The standard InChI is InChI=1S/C19H15F15O5/c1-7(2)9(36)38-6-8(35)37-4-5-39-14-16(27,28)11(3,22)15(25,26)13(24,19(14,33)34)17(29,30)12(23,10(20)21)18(14,31)32/h10H,1,4-6H2,2-3H3. The van der Waals surface area contributed by atoms with Crippen LogP contribution in [-0.2, 0) is 23.8 Å². The molecular weight excluding hydrogens is 593 g/mol. The van der Waals surface area contributed by atoms with Gasteiger partial charge in [-0.05, 0) is 13.8 Å². The zero-order valence-electron chi connectivity index (χ0n) is 19.1. The van der Waals surface area contributed by atoms with Gasteiger partial charge in [0.25, 0.3) is 12.0 Å². The molecule has 0 amide bonds. The second-order valence-electron chi connectivity index (χ2n) is 8.65. The van der Waals surface area contributed by atoms with E-state index in [1.807, 2.05) is 0 Å². The molecule has 0 N–H and O–H groups in total. The van der Waals surface area contributed by atoms with Crippen molar-refractivity contribution in [1.29, 1.82) is 0 Å². The van der Waals surface area contributed by atoms with Crippen LogP contribution in [0.4, 0.5) is 65.9 Å². The van der Waals surface area contributed by atoms with Crippen LogP contribution in [0.5, 0.6) is 0 Å². The molecule has 0 aliphatic heterocycles. The maximum absolute atomic E-state index is 15.1. The summed E-state index contributed by atoms with van der Waals surface area (Å²) in [7, 11) is 0. The number of carbonyl (C=O) groups excluding carboxylic acids is 2. The number of esters is 2. The Morgan fingerprint density at radius 3 is 1.64 bits per heavy atom. The van der Waals surface area contributed by atoms with Crippen molar-refractivity contribution in [1.82, 2.24) is 0 Å². The van der Waals surface area contributed by atoms with Crippen LogP contribution in [0.2, 0.25) is 0 Å². The summed E-state index contributed by atoms with van der Waals surface area (Å²) in [5.41, 5.74) is -29.3. The second kappa shape index (κ2) is 8.79. The van der Waals surface area contributed by atoms with Crippen molar-refractivity contribution in [2.75, 3.05) is 19.8 Å². The van der Waals surface area contributed by atoms with Crippen molar-refractivity contribution in [2.24, 2.45) is 0 Å². The van der Waals surface area contributed by atoms with Crippen molar-refractivity contribution < 1.29 is 89.7 Å². The minimum atomic E-state index is -7.96. The SMILES string of the molecule is C=C(C)C(=O)OCC(=O)OCCOC12C(F)(F)C(C)(F)C(F)(F)C(F)(C(F)(F)C(F)(C(F)F)C1(F)F)C2(F)F. The molecule has 0 aromatic carbocycles. The van der Waals surface area contributed by atoms with Crippen LogP contribution in [0.15, 0.2) is 12.2 Å². The monoisotopic (exact) mass is 608 g/mol. The lowest BCUT2D eigenvalue weighted by atomic mass is 9.49. The van der Waals surface area contributed by atoms with Gasteiger partial charge in [-0.15, -0.1) is 0 Å². The van der Waals surface area contributed by atoms with Gasteiger partial charge in [0.05, 0.1) is 6.61 Å². The summed E-state index contributed by atoms with van der Waals surface area (Å²) in [5.74, 6) is -41.3. The smallest absolute Gasteiger partial charge is 0.344 e.